The van der Waals surface area contributed by atoms with Crippen molar-refractivity contribution < 1.29 is 14.3 Å². The lowest BCUT2D eigenvalue weighted by atomic mass is 9.96. The van der Waals surface area contributed by atoms with Crippen LogP contribution in [-0.2, 0) is 26.2 Å². The first-order chi connectivity index (χ1) is 27.0. The van der Waals surface area contributed by atoms with Crippen molar-refractivity contribution in [1.29, 1.82) is 0 Å². The van der Waals surface area contributed by atoms with Crippen LogP contribution in [0.1, 0.15) is 62.6 Å². The van der Waals surface area contributed by atoms with E-state index in [0.717, 1.165) is 67.8 Å². The van der Waals surface area contributed by atoms with Gasteiger partial charge in [0.15, 0.2) is 16.8 Å². The van der Waals surface area contributed by atoms with Crippen molar-refractivity contribution in [2.24, 2.45) is 0 Å². The molecule has 0 radical (unpaired) electrons. The summed E-state index contributed by atoms with van der Waals surface area (Å²) < 4.78 is 16.0. The molecule has 11 heteroatoms. The van der Waals surface area contributed by atoms with Gasteiger partial charge in [-0.15, -0.1) is 10.2 Å². The van der Waals surface area contributed by atoms with Crippen LogP contribution >= 0.6 is 0 Å². The number of anilines is 1. The fraction of sp³-hybridized carbons (Fsp3) is 0.295. The van der Waals surface area contributed by atoms with Gasteiger partial charge in [0.25, 0.3) is 0 Å². The Bertz CT molecular complexity index is 2450. The van der Waals surface area contributed by atoms with Crippen LogP contribution in [0, 0.1) is 0 Å². The number of unbranched alkanes of at least 4 members (excludes halogenated alkanes) is 7. The van der Waals surface area contributed by atoms with Crippen molar-refractivity contribution in [3.63, 3.8) is 0 Å². The first-order valence-electron chi connectivity index (χ1n) is 19.2. The molecule has 4 heterocycles. The number of phenolic OH excluding ortho intramolecular Hbond substituents is 1. The number of rotatable bonds is 15. The molecule has 3 aromatic heterocycles. The maximum Gasteiger partial charge on any atom is 0.205 e. The molecule has 280 valence electrons. The molecule has 0 amide bonds. The van der Waals surface area contributed by atoms with Gasteiger partial charge in [-0.05, 0) is 36.6 Å². The van der Waals surface area contributed by atoms with Crippen molar-refractivity contribution in [2.75, 3.05) is 11.9 Å². The van der Waals surface area contributed by atoms with Crippen LogP contribution in [-0.4, -0.2) is 42.1 Å². The van der Waals surface area contributed by atoms with Crippen LogP contribution in [0.3, 0.4) is 0 Å². The van der Waals surface area contributed by atoms with Gasteiger partial charge in [0.05, 0.1) is 17.3 Å². The van der Waals surface area contributed by atoms with E-state index >= 15 is 0 Å². The molecule has 55 heavy (non-hydrogen) atoms. The Hall–Kier alpha value is -6.23. The lowest BCUT2D eigenvalue weighted by molar-refractivity contribution is 0.284. The Morgan fingerprint density at radius 3 is 2.29 bits per heavy atom. The maximum absolute atomic E-state index is 12.9. The number of fused-ring (bicyclic) bond motifs is 6. The molecule has 1 aliphatic heterocycles. The Morgan fingerprint density at radius 1 is 0.764 bits per heavy atom. The standard InChI is InChI=1S/C44H45N7O4/c1-49-28-32-19-11-12-20-34(32)42-41(35-21-13-14-22-37(35)49)46-48-51(42)26-16-7-5-3-2-4-6-15-25-50-29-33(45-47-50)30-54-44-38(52)24-23-36-39(53)27-40(55-43(36)44)31-17-9-8-10-18-31/h8-14,17-24,27,29,52H,2-7,15-16,25-26,28,30H2,1H3. The normalized spacial score (nSPS) is 12.2. The summed E-state index contributed by atoms with van der Waals surface area (Å²) in [6, 6.07) is 30.9. The minimum atomic E-state index is -0.213. The van der Waals surface area contributed by atoms with Gasteiger partial charge in [0, 0.05) is 55.1 Å². The molecule has 11 nitrogen and oxygen atoms in total. The Kier molecular flexibility index (Phi) is 10.7. The number of aryl methyl sites for hydroxylation is 2. The molecule has 0 fully saturated rings. The van der Waals surface area contributed by atoms with Crippen LogP contribution in [0.15, 0.2) is 112 Å². The van der Waals surface area contributed by atoms with Gasteiger partial charge in [-0.2, -0.15) is 0 Å². The van der Waals surface area contributed by atoms with Crippen molar-refractivity contribution in [3.8, 4) is 45.3 Å². The maximum atomic E-state index is 12.9. The number of nitrogens with zero attached hydrogens (tertiary/aromatic N) is 7. The first-order valence-corrected chi connectivity index (χ1v) is 19.2. The highest BCUT2D eigenvalue weighted by atomic mass is 16.5. The zero-order chi connectivity index (χ0) is 37.6. The van der Waals surface area contributed by atoms with Crippen molar-refractivity contribution >= 4 is 16.7 Å². The number of aromatic nitrogens is 6. The highest BCUT2D eigenvalue weighted by Crippen LogP contribution is 2.40. The molecule has 0 aliphatic carbocycles. The fourth-order valence-electron chi connectivity index (χ4n) is 7.48. The third-order valence-electron chi connectivity index (χ3n) is 10.3. The summed E-state index contributed by atoms with van der Waals surface area (Å²) in [7, 11) is 2.14. The zero-order valence-electron chi connectivity index (χ0n) is 31.1. The summed E-state index contributed by atoms with van der Waals surface area (Å²) in [5.74, 6) is 0.396. The molecule has 0 unspecified atom stereocenters. The topological polar surface area (TPSA) is 124 Å². The molecule has 0 atom stereocenters. The molecule has 4 aromatic carbocycles. The fourth-order valence-corrected chi connectivity index (χ4v) is 7.48. The number of hydrogen-bond donors (Lipinski definition) is 1. The van der Waals surface area contributed by atoms with Gasteiger partial charge in [0.1, 0.15) is 23.8 Å². The van der Waals surface area contributed by atoms with Crippen LogP contribution < -0.4 is 15.1 Å². The number of benzene rings is 4. The molecule has 0 saturated heterocycles. The second-order valence-electron chi connectivity index (χ2n) is 14.3. The first kappa shape index (κ1) is 35.8. The molecule has 0 spiro atoms. The lowest BCUT2D eigenvalue weighted by Crippen LogP contribution is -2.19. The molecular weight excluding hydrogens is 691 g/mol. The predicted octanol–water partition coefficient (Wildman–Crippen LogP) is 9.03. The van der Waals surface area contributed by atoms with E-state index in [1.807, 2.05) is 41.2 Å². The quantitative estimate of drug-likeness (QED) is 0.103. The average Bonchev–Trinajstić information content (AvgIpc) is 3.85. The van der Waals surface area contributed by atoms with Crippen LogP contribution in [0.5, 0.6) is 11.5 Å². The number of phenols is 1. The Morgan fingerprint density at radius 2 is 1.47 bits per heavy atom. The van der Waals surface area contributed by atoms with Gasteiger partial charge < -0.3 is 19.2 Å². The predicted molar refractivity (Wildman–Crippen MR) is 214 cm³/mol. The third kappa shape index (κ3) is 7.87. The molecule has 1 N–H and O–H groups in total. The minimum Gasteiger partial charge on any atom is -0.504 e. The lowest BCUT2D eigenvalue weighted by Gasteiger charge is -2.26. The smallest absolute Gasteiger partial charge is 0.205 e. The van der Waals surface area contributed by atoms with Crippen LogP contribution in [0.25, 0.3) is 44.8 Å². The van der Waals surface area contributed by atoms with Gasteiger partial charge in [0.2, 0.25) is 5.75 Å². The van der Waals surface area contributed by atoms with Gasteiger partial charge >= 0.3 is 0 Å². The molecule has 1 aliphatic rings. The van der Waals surface area contributed by atoms with E-state index < -0.39 is 0 Å². The van der Waals surface area contributed by atoms with Crippen LogP contribution in [0.4, 0.5) is 5.69 Å². The average molecular weight is 736 g/mol. The van der Waals surface area contributed by atoms with E-state index in [9.17, 15) is 9.90 Å². The second-order valence-corrected chi connectivity index (χ2v) is 14.3. The number of aromatic hydroxyl groups is 1. The molecule has 7 aromatic rings. The summed E-state index contributed by atoms with van der Waals surface area (Å²) in [4.78, 5) is 15.2. The molecule has 8 rings (SSSR count). The minimum absolute atomic E-state index is 0.0736. The zero-order valence-corrected chi connectivity index (χ0v) is 31.1. The van der Waals surface area contributed by atoms with E-state index in [-0.39, 0.29) is 29.1 Å². The summed E-state index contributed by atoms with van der Waals surface area (Å²) >= 11 is 0. The number of ether oxygens (including phenoxy) is 1. The molecule has 0 saturated carbocycles. The Labute approximate surface area is 319 Å². The Balaban J connectivity index is 0.773. The molecule has 0 bridgehead atoms. The van der Waals surface area contributed by atoms with E-state index in [1.165, 1.54) is 54.6 Å². The second kappa shape index (κ2) is 16.4. The van der Waals surface area contributed by atoms with Crippen molar-refractivity contribution in [3.05, 3.63) is 125 Å². The van der Waals surface area contributed by atoms with E-state index in [0.29, 0.717) is 16.8 Å². The van der Waals surface area contributed by atoms with E-state index in [1.54, 1.807) is 6.07 Å². The van der Waals surface area contributed by atoms with E-state index in [4.69, 9.17) is 14.3 Å². The van der Waals surface area contributed by atoms with Crippen molar-refractivity contribution in [2.45, 2.75) is 77.6 Å². The highest BCUT2D eigenvalue weighted by Gasteiger charge is 2.25. The monoisotopic (exact) mass is 735 g/mol. The summed E-state index contributed by atoms with van der Waals surface area (Å²) in [6.45, 7) is 2.54. The SMILES string of the molecule is CN1Cc2ccccc2-c2c(nnn2CCCCCCCCCCn2cc(COc3c(O)ccc4c(=O)cc(-c5ccccc5)oc34)nn2)-c2ccccc21. The molecular formula is C44H45N7O4. The third-order valence-corrected chi connectivity index (χ3v) is 10.3. The summed E-state index contributed by atoms with van der Waals surface area (Å²) in [5, 5.41) is 28.8. The van der Waals surface area contributed by atoms with Gasteiger partial charge in [-0.3, -0.25) is 9.48 Å². The van der Waals surface area contributed by atoms with Crippen LogP contribution in [0.2, 0.25) is 0 Å². The van der Waals surface area contributed by atoms with Gasteiger partial charge in [-0.25, -0.2) is 4.68 Å². The highest BCUT2D eigenvalue weighted by molar-refractivity contribution is 5.88. The number of hydrogen-bond acceptors (Lipinski definition) is 9. The summed E-state index contributed by atoms with van der Waals surface area (Å²) in [6.07, 6.45) is 11.1. The van der Waals surface area contributed by atoms with E-state index in [2.05, 4.69) is 80.7 Å². The summed E-state index contributed by atoms with van der Waals surface area (Å²) in [5.41, 5.74) is 8.26. The number of para-hydroxylation sites is 1. The largest absolute Gasteiger partial charge is 0.504 e. The van der Waals surface area contributed by atoms with Gasteiger partial charge in [-0.1, -0.05) is 122 Å². The van der Waals surface area contributed by atoms with Crippen molar-refractivity contribution in [1.82, 2.24) is 30.0 Å².